The fourth-order valence-electron chi connectivity index (χ4n) is 3.31. The highest BCUT2D eigenvalue weighted by Gasteiger charge is 2.31. The van der Waals surface area contributed by atoms with Crippen LogP contribution in [0.15, 0.2) is 83.6 Å². The Morgan fingerprint density at radius 1 is 0.912 bits per heavy atom. The van der Waals surface area contributed by atoms with Crippen molar-refractivity contribution < 1.29 is 27.1 Å². The number of benzene rings is 2. The van der Waals surface area contributed by atoms with Crippen molar-refractivity contribution in [2.24, 2.45) is 0 Å². The maximum atomic E-state index is 12.4. The smallest absolute Gasteiger partial charge is 0.406 e. The molecule has 34 heavy (non-hydrogen) atoms. The molecule has 0 aliphatic rings. The van der Waals surface area contributed by atoms with E-state index in [9.17, 15) is 13.2 Å². The first-order valence-corrected chi connectivity index (χ1v) is 10.1. The molecule has 0 aliphatic heterocycles. The zero-order valence-electron chi connectivity index (χ0n) is 17.4. The van der Waals surface area contributed by atoms with E-state index in [4.69, 9.17) is 4.52 Å². The number of pyridine rings is 1. The molecule has 0 bridgehead atoms. The number of nitrogens with zero attached hydrogens (tertiary/aromatic N) is 5. The molecule has 11 heteroatoms. The van der Waals surface area contributed by atoms with E-state index in [1.165, 1.54) is 24.3 Å². The number of H-pyrrole nitrogens is 1. The lowest BCUT2D eigenvalue weighted by Crippen LogP contribution is -2.38. The zero-order valence-corrected chi connectivity index (χ0v) is 17.4. The number of hydrogen-bond acceptors (Lipinski definition) is 6. The number of halogens is 3. The van der Waals surface area contributed by atoms with Crippen LogP contribution in [0, 0.1) is 0 Å². The van der Waals surface area contributed by atoms with Gasteiger partial charge in [-0.1, -0.05) is 35.5 Å². The summed E-state index contributed by atoms with van der Waals surface area (Å²) in [5, 5.41) is 7.11. The van der Waals surface area contributed by atoms with Gasteiger partial charge in [0.25, 0.3) is 0 Å². The predicted molar refractivity (Wildman–Crippen MR) is 113 cm³/mol. The Morgan fingerprint density at radius 2 is 1.71 bits per heavy atom. The lowest BCUT2D eigenvalue weighted by atomic mass is 10.2. The molecule has 0 aliphatic carbocycles. The molecule has 0 amide bonds. The van der Waals surface area contributed by atoms with E-state index in [1.807, 2.05) is 47.1 Å². The Hall–Kier alpha value is -4.54. The van der Waals surface area contributed by atoms with Crippen molar-refractivity contribution in [2.45, 2.75) is 12.9 Å². The van der Waals surface area contributed by atoms with Crippen LogP contribution in [-0.2, 0) is 6.54 Å². The number of ether oxygens (including phenoxy) is 1. The molecule has 5 rings (SSSR count). The monoisotopic (exact) mass is 465 g/mol. The van der Waals surface area contributed by atoms with E-state index < -0.39 is 6.36 Å². The molecule has 5 aromatic rings. The molecule has 0 atom stereocenters. The molecule has 1 N–H and O–H groups in total. The number of aromatic nitrogens is 6. The third-order valence-corrected chi connectivity index (χ3v) is 4.79. The molecule has 2 aromatic carbocycles. The Labute approximate surface area is 190 Å². The third kappa shape index (κ3) is 4.77. The summed E-state index contributed by atoms with van der Waals surface area (Å²) in [7, 11) is 0. The largest absolute Gasteiger partial charge is 0.573 e. The summed E-state index contributed by atoms with van der Waals surface area (Å²) >= 11 is 0. The van der Waals surface area contributed by atoms with Crippen molar-refractivity contribution in [3.8, 4) is 40.2 Å². The molecular weight excluding hydrogens is 449 g/mol. The van der Waals surface area contributed by atoms with Gasteiger partial charge >= 0.3 is 23.9 Å². The SMILES string of the molecule is FC(F)(F)Oc1ccc(-c2noc(-c3nc(-c4cccnc4)[n+](Cc4ccccc4)[nH]3)n2)cc1. The molecule has 3 aromatic heterocycles. The standard InChI is InChI=1S/C23H15F3N6O2/c24-23(25,26)33-18-10-8-16(9-11-18)19-29-22(34-31-19)20-28-21(17-7-4-12-27-13-17)32(30-20)14-15-5-2-1-3-6-15/h1-13H,14H2/p+1. The van der Waals surface area contributed by atoms with Gasteiger partial charge in [-0.05, 0) is 46.9 Å². The van der Waals surface area contributed by atoms with Gasteiger partial charge in [-0.3, -0.25) is 4.98 Å². The second kappa shape index (κ2) is 8.77. The first-order valence-electron chi connectivity index (χ1n) is 10.1. The van der Waals surface area contributed by atoms with Crippen LogP contribution in [0.5, 0.6) is 5.75 Å². The van der Waals surface area contributed by atoms with Crippen molar-refractivity contribution in [1.29, 1.82) is 0 Å². The van der Waals surface area contributed by atoms with Crippen LogP contribution in [0.25, 0.3) is 34.5 Å². The third-order valence-electron chi connectivity index (χ3n) is 4.79. The lowest BCUT2D eigenvalue weighted by Gasteiger charge is -2.08. The highest BCUT2D eigenvalue weighted by atomic mass is 19.4. The van der Waals surface area contributed by atoms with Gasteiger partial charge in [-0.25, -0.2) is 0 Å². The van der Waals surface area contributed by atoms with E-state index in [-0.39, 0.29) is 17.5 Å². The van der Waals surface area contributed by atoms with Gasteiger partial charge in [0.2, 0.25) is 5.82 Å². The van der Waals surface area contributed by atoms with Crippen LogP contribution in [-0.4, -0.2) is 31.6 Å². The van der Waals surface area contributed by atoms with E-state index in [2.05, 4.69) is 29.9 Å². The van der Waals surface area contributed by atoms with E-state index in [0.29, 0.717) is 23.8 Å². The molecule has 170 valence electrons. The minimum absolute atomic E-state index is 0.127. The average molecular weight is 465 g/mol. The van der Waals surface area contributed by atoms with Crippen molar-refractivity contribution >= 4 is 0 Å². The highest BCUT2D eigenvalue weighted by molar-refractivity contribution is 5.58. The van der Waals surface area contributed by atoms with Crippen LogP contribution in [0.3, 0.4) is 0 Å². The van der Waals surface area contributed by atoms with E-state index in [0.717, 1.165) is 11.1 Å². The summed E-state index contributed by atoms with van der Waals surface area (Å²) in [6, 6.07) is 18.7. The summed E-state index contributed by atoms with van der Waals surface area (Å²) in [5.74, 6) is 0.949. The number of nitrogens with one attached hydrogen (secondary N) is 1. The topological polar surface area (TPSA) is 93.6 Å². The van der Waals surface area contributed by atoms with Crippen LogP contribution in [0.2, 0.25) is 0 Å². The molecule has 0 fully saturated rings. The fourth-order valence-corrected chi connectivity index (χ4v) is 3.31. The van der Waals surface area contributed by atoms with Crippen molar-refractivity contribution in [2.75, 3.05) is 0 Å². The predicted octanol–water partition coefficient (Wildman–Crippen LogP) is 4.42. The molecule has 0 saturated carbocycles. The number of aromatic amines is 1. The van der Waals surface area contributed by atoms with Gasteiger partial charge in [0.1, 0.15) is 12.3 Å². The maximum absolute atomic E-state index is 12.4. The van der Waals surface area contributed by atoms with Crippen LogP contribution < -0.4 is 9.42 Å². The molecule has 8 nitrogen and oxygen atoms in total. The molecule has 3 heterocycles. The number of alkyl halides is 3. The van der Waals surface area contributed by atoms with Gasteiger partial charge in [0, 0.05) is 18.0 Å². The maximum Gasteiger partial charge on any atom is 0.573 e. The first kappa shape index (κ1) is 21.3. The summed E-state index contributed by atoms with van der Waals surface area (Å²) < 4.78 is 48.2. The second-order valence-corrected chi connectivity index (χ2v) is 7.20. The van der Waals surface area contributed by atoms with Crippen LogP contribution in [0.4, 0.5) is 13.2 Å². The summed E-state index contributed by atoms with van der Waals surface area (Å²) in [5.41, 5.74) is 2.31. The van der Waals surface area contributed by atoms with Gasteiger partial charge in [0.15, 0.2) is 0 Å². The van der Waals surface area contributed by atoms with Gasteiger partial charge in [0.05, 0.1) is 5.56 Å². The molecule has 0 radical (unpaired) electrons. The van der Waals surface area contributed by atoms with Gasteiger partial charge in [-0.2, -0.15) is 10.1 Å². The van der Waals surface area contributed by atoms with Crippen molar-refractivity contribution in [3.63, 3.8) is 0 Å². The minimum atomic E-state index is -4.76. The Bertz CT molecular complexity index is 1380. The normalized spacial score (nSPS) is 11.5. The summed E-state index contributed by atoms with van der Waals surface area (Å²) in [6.45, 7) is 0.514. The zero-order chi connectivity index (χ0) is 23.5. The molecule has 0 unspecified atom stereocenters. The number of hydrogen-bond donors (Lipinski definition) is 1. The van der Waals surface area contributed by atoms with Crippen LogP contribution in [0.1, 0.15) is 5.56 Å². The lowest BCUT2D eigenvalue weighted by molar-refractivity contribution is -0.732. The number of rotatable bonds is 6. The van der Waals surface area contributed by atoms with Crippen LogP contribution >= 0.6 is 0 Å². The fraction of sp³-hybridized carbons (Fsp3) is 0.0870. The molecule has 0 spiro atoms. The molecular formula is C23H16F3N6O2+. The Morgan fingerprint density at radius 3 is 2.41 bits per heavy atom. The van der Waals surface area contributed by atoms with E-state index >= 15 is 0 Å². The minimum Gasteiger partial charge on any atom is -0.406 e. The Kier molecular flexibility index (Phi) is 5.50. The average Bonchev–Trinajstić information content (AvgIpc) is 3.48. The van der Waals surface area contributed by atoms with Gasteiger partial charge in [-0.15, -0.1) is 17.9 Å². The van der Waals surface area contributed by atoms with E-state index in [1.54, 1.807) is 12.4 Å². The Balaban J connectivity index is 1.45. The second-order valence-electron chi connectivity index (χ2n) is 7.20. The summed E-state index contributed by atoms with van der Waals surface area (Å²) in [4.78, 5) is 13.1. The van der Waals surface area contributed by atoms with Gasteiger partial charge < -0.3 is 9.26 Å². The quantitative estimate of drug-likeness (QED) is 0.373. The summed E-state index contributed by atoms with van der Waals surface area (Å²) in [6.07, 6.45) is -1.39. The first-order chi connectivity index (χ1) is 16.4. The van der Waals surface area contributed by atoms with Crippen molar-refractivity contribution in [1.82, 2.24) is 25.2 Å². The molecule has 0 saturated heterocycles. The van der Waals surface area contributed by atoms with Crippen molar-refractivity contribution in [3.05, 3.63) is 84.7 Å². The highest BCUT2D eigenvalue weighted by Crippen LogP contribution is 2.26.